The van der Waals surface area contributed by atoms with Crippen molar-refractivity contribution in [1.82, 2.24) is 0 Å². The summed E-state index contributed by atoms with van der Waals surface area (Å²) in [6.07, 6.45) is 1.10. The Hall–Kier alpha value is -3.20. The molecule has 0 fully saturated rings. The predicted octanol–water partition coefficient (Wildman–Crippen LogP) is 2.76. The van der Waals surface area contributed by atoms with E-state index in [1.807, 2.05) is 6.92 Å². The molecule has 1 aliphatic heterocycles. The highest BCUT2D eigenvalue weighted by molar-refractivity contribution is 7.96. The van der Waals surface area contributed by atoms with Crippen molar-refractivity contribution in [2.75, 3.05) is 32.2 Å². The van der Waals surface area contributed by atoms with E-state index in [-0.39, 0.29) is 4.90 Å². The lowest BCUT2D eigenvalue weighted by Crippen LogP contribution is -2.17. The fourth-order valence-corrected chi connectivity index (χ4v) is 3.90. The van der Waals surface area contributed by atoms with Crippen molar-refractivity contribution in [3.63, 3.8) is 0 Å². The van der Waals surface area contributed by atoms with Crippen LogP contribution in [0, 0.1) is 0 Å². The number of hydrogen-bond donors (Lipinski definition) is 1. The average Bonchev–Trinajstić information content (AvgIpc) is 2.74. The SMILES string of the molecule is CCOc1ccc(S(=O)(=O)C(=CNc2ccc3c(c2)OCCO3)C(=O)OC)cc1. The van der Waals surface area contributed by atoms with Crippen LogP contribution < -0.4 is 19.5 Å². The first-order chi connectivity index (χ1) is 14.0. The number of fused-ring (bicyclic) bond motifs is 1. The normalized spacial score (nSPS) is 13.5. The summed E-state index contributed by atoms with van der Waals surface area (Å²) < 4.78 is 46.9. The van der Waals surface area contributed by atoms with Gasteiger partial charge in [-0.15, -0.1) is 0 Å². The van der Waals surface area contributed by atoms with E-state index in [0.29, 0.717) is 42.8 Å². The molecule has 3 rings (SSSR count). The molecule has 0 saturated carbocycles. The van der Waals surface area contributed by atoms with Crippen LogP contribution in [0.1, 0.15) is 6.92 Å². The Labute approximate surface area is 169 Å². The minimum absolute atomic E-state index is 0.0541. The van der Waals surface area contributed by atoms with Gasteiger partial charge in [-0.05, 0) is 43.3 Å². The molecule has 1 heterocycles. The molecule has 1 aliphatic rings. The molecule has 0 bridgehead atoms. The smallest absolute Gasteiger partial charge is 0.351 e. The lowest BCUT2D eigenvalue weighted by Gasteiger charge is -2.18. The standard InChI is InChI=1S/C20H21NO7S/c1-3-26-15-5-7-16(8-6-15)29(23,24)19(20(22)25-2)13-21-14-4-9-17-18(12-14)28-11-10-27-17/h4-9,12-13,21H,3,10-11H2,1-2H3. The number of carbonyl (C=O) groups excluding carboxylic acids is 1. The van der Waals surface area contributed by atoms with Gasteiger partial charge in [0.1, 0.15) is 19.0 Å². The highest BCUT2D eigenvalue weighted by atomic mass is 32.2. The van der Waals surface area contributed by atoms with E-state index in [9.17, 15) is 13.2 Å². The highest BCUT2D eigenvalue weighted by Gasteiger charge is 2.28. The third-order valence-corrected chi connectivity index (χ3v) is 5.79. The molecule has 2 aromatic carbocycles. The molecule has 9 heteroatoms. The third kappa shape index (κ3) is 4.62. The fourth-order valence-electron chi connectivity index (χ4n) is 2.64. The number of ether oxygens (including phenoxy) is 4. The van der Waals surface area contributed by atoms with Gasteiger partial charge in [-0.2, -0.15) is 0 Å². The van der Waals surface area contributed by atoms with Crippen molar-refractivity contribution in [2.45, 2.75) is 11.8 Å². The van der Waals surface area contributed by atoms with Gasteiger partial charge in [-0.3, -0.25) is 0 Å². The summed E-state index contributed by atoms with van der Waals surface area (Å²) in [6, 6.07) is 10.8. The van der Waals surface area contributed by atoms with E-state index in [2.05, 4.69) is 10.1 Å². The molecule has 0 radical (unpaired) electrons. The summed E-state index contributed by atoms with van der Waals surface area (Å²) in [7, 11) is -3.00. The van der Waals surface area contributed by atoms with Crippen LogP contribution in [-0.4, -0.2) is 41.3 Å². The predicted molar refractivity (Wildman–Crippen MR) is 106 cm³/mol. The third-order valence-electron chi connectivity index (χ3n) is 4.03. The van der Waals surface area contributed by atoms with Crippen LogP contribution >= 0.6 is 0 Å². The van der Waals surface area contributed by atoms with Crippen LogP contribution in [0.15, 0.2) is 58.5 Å². The minimum Gasteiger partial charge on any atom is -0.494 e. The lowest BCUT2D eigenvalue weighted by atomic mass is 10.2. The van der Waals surface area contributed by atoms with Crippen molar-refractivity contribution in [3.8, 4) is 17.2 Å². The molecule has 0 unspecified atom stereocenters. The maximum Gasteiger partial charge on any atom is 0.351 e. The number of methoxy groups -OCH3 is 1. The average molecular weight is 419 g/mol. The van der Waals surface area contributed by atoms with Crippen molar-refractivity contribution in [2.24, 2.45) is 0 Å². The summed E-state index contributed by atoms with van der Waals surface area (Å²) >= 11 is 0. The Kier molecular flexibility index (Phi) is 6.28. The number of sulfone groups is 1. The molecule has 2 aromatic rings. The Morgan fingerprint density at radius 1 is 1.10 bits per heavy atom. The van der Waals surface area contributed by atoms with E-state index in [1.165, 1.54) is 24.3 Å². The number of esters is 1. The Balaban J connectivity index is 1.89. The Morgan fingerprint density at radius 3 is 2.45 bits per heavy atom. The monoisotopic (exact) mass is 419 g/mol. The van der Waals surface area contributed by atoms with Crippen molar-refractivity contribution >= 4 is 21.5 Å². The summed E-state index contributed by atoms with van der Waals surface area (Å²) in [4.78, 5) is 11.6. The van der Waals surface area contributed by atoms with Gasteiger partial charge in [0, 0.05) is 18.0 Å². The van der Waals surface area contributed by atoms with Crippen LogP contribution in [0.4, 0.5) is 5.69 Å². The summed E-state index contributed by atoms with van der Waals surface area (Å²) in [5.74, 6) is 0.679. The molecular formula is C20H21NO7S. The van der Waals surface area contributed by atoms with Crippen molar-refractivity contribution in [3.05, 3.63) is 53.6 Å². The zero-order valence-corrected chi connectivity index (χ0v) is 16.8. The highest BCUT2D eigenvalue weighted by Crippen LogP contribution is 2.33. The van der Waals surface area contributed by atoms with Gasteiger partial charge in [-0.1, -0.05) is 0 Å². The molecule has 1 N–H and O–H groups in total. The summed E-state index contributed by atoms with van der Waals surface area (Å²) in [6.45, 7) is 3.17. The first-order valence-corrected chi connectivity index (χ1v) is 10.4. The fraction of sp³-hybridized carbons (Fsp3) is 0.250. The molecular weight excluding hydrogens is 398 g/mol. The summed E-state index contributed by atoms with van der Waals surface area (Å²) in [5, 5.41) is 2.82. The number of carbonyl (C=O) groups is 1. The molecule has 29 heavy (non-hydrogen) atoms. The first-order valence-electron chi connectivity index (χ1n) is 8.88. The first kappa shape index (κ1) is 20.5. The van der Waals surface area contributed by atoms with Gasteiger partial charge in [0.05, 0.1) is 18.6 Å². The number of hydrogen-bond acceptors (Lipinski definition) is 8. The number of benzene rings is 2. The molecule has 8 nitrogen and oxygen atoms in total. The van der Waals surface area contributed by atoms with Gasteiger partial charge in [0.2, 0.25) is 9.84 Å². The maximum atomic E-state index is 13.0. The number of anilines is 1. The number of rotatable bonds is 7. The molecule has 0 saturated heterocycles. The molecule has 0 spiro atoms. The van der Waals surface area contributed by atoms with E-state index in [1.54, 1.807) is 18.2 Å². The van der Waals surface area contributed by atoms with Crippen LogP contribution in [0.2, 0.25) is 0 Å². The zero-order valence-electron chi connectivity index (χ0n) is 16.0. The van der Waals surface area contributed by atoms with E-state index in [0.717, 1.165) is 13.3 Å². The van der Waals surface area contributed by atoms with Gasteiger partial charge in [-0.25, -0.2) is 13.2 Å². The molecule has 0 atom stereocenters. The maximum absolute atomic E-state index is 13.0. The molecule has 0 aromatic heterocycles. The quantitative estimate of drug-likeness (QED) is 0.540. The van der Waals surface area contributed by atoms with Gasteiger partial charge < -0.3 is 24.3 Å². The van der Waals surface area contributed by atoms with E-state index >= 15 is 0 Å². The molecule has 0 aliphatic carbocycles. The molecule has 0 amide bonds. The summed E-state index contributed by atoms with van der Waals surface area (Å²) in [5.41, 5.74) is 0.526. The van der Waals surface area contributed by atoms with Crippen molar-refractivity contribution < 1.29 is 32.2 Å². The largest absolute Gasteiger partial charge is 0.494 e. The second kappa shape index (κ2) is 8.87. The zero-order chi connectivity index (χ0) is 20.9. The minimum atomic E-state index is -4.12. The molecule has 154 valence electrons. The van der Waals surface area contributed by atoms with Crippen LogP contribution in [0.25, 0.3) is 0 Å². The Bertz CT molecular complexity index is 1010. The van der Waals surface area contributed by atoms with Gasteiger partial charge in [0.25, 0.3) is 0 Å². The Morgan fingerprint density at radius 2 is 1.79 bits per heavy atom. The van der Waals surface area contributed by atoms with Gasteiger partial charge >= 0.3 is 5.97 Å². The van der Waals surface area contributed by atoms with Crippen LogP contribution in [-0.2, 0) is 19.4 Å². The number of nitrogens with one attached hydrogen (secondary N) is 1. The van der Waals surface area contributed by atoms with Crippen LogP contribution in [0.3, 0.4) is 0 Å². The van der Waals surface area contributed by atoms with Crippen LogP contribution in [0.5, 0.6) is 17.2 Å². The lowest BCUT2D eigenvalue weighted by molar-refractivity contribution is -0.135. The van der Waals surface area contributed by atoms with Crippen molar-refractivity contribution in [1.29, 1.82) is 0 Å². The second-order valence-electron chi connectivity index (χ2n) is 5.91. The second-order valence-corrected chi connectivity index (χ2v) is 7.83. The van der Waals surface area contributed by atoms with Gasteiger partial charge in [0.15, 0.2) is 16.4 Å². The van der Waals surface area contributed by atoms with E-state index < -0.39 is 20.7 Å². The topological polar surface area (TPSA) is 100 Å². The van der Waals surface area contributed by atoms with E-state index in [4.69, 9.17) is 14.2 Å².